The summed E-state index contributed by atoms with van der Waals surface area (Å²) in [5.74, 6) is 0. The van der Waals surface area contributed by atoms with Crippen LogP contribution in [0.1, 0.15) is 16.7 Å². The van der Waals surface area contributed by atoms with E-state index in [-0.39, 0.29) is 0 Å². The summed E-state index contributed by atoms with van der Waals surface area (Å²) in [7, 11) is 0. The Labute approximate surface area is 336 Å². The van der Waals surface area contributed by atoms with Crippen molar-refractivity contribution in [2.24, 2.45) is 0 Å². The number of nitrogens with zero attached hydrogens (tertiary/aromatic N) is 1. The van der Waals surface area contributed by atoms with Crippen LogP contribution >= 0.6 is 11.3 Å². The highest BCUT2D eigenvalue weighted by Crippen LogP contribution is 2.48. The van der Waals surface area contributed by atoms with Crippen LogP contribution in [0.4, 0.5) is 0 Å². The molecule has 0 aliphatic heterocycles. The predicted molar refractivity (Wildman–Crippen MR) is 247 cm³/mol. The summed E-state index contributed by atoms with van der Waals surface area (Å²) in [6.07, 6.45) is 0. The van der Waals surface area contributed by atoms with Crippen molar-refractivity contribution in [3.05, 3.63) is 217 Å². The Balaban J connectivity index is 1.20. The molecular formula is C55H37NS. The third-order valence-electron chi connectivity index (χ3n) is 11.7. The second-order valence-corrected chi connectivity index (χ2v) is 16.1. The van der Waals surface area contributed by atoms with Gasteiger partial charge in [-0.05, 0) is 116 Å². The van der Waals surface area contributed by atoms with E-state index < -0.39 is 0 Å². The average Bonchev–Trinajstić information content (AvgIpc) is 3.82. The molecule has 0 N–H and O–H groups in total. The quantitative estimate of drug-likeness (QED) is 0.160. The molecule has 0 aliphatic carbocycles. The molecule has 268 valence electrons. The Morgan fingerprint density at radius 2 is 1.23 bits per heavy atom. The van der Waals surface area contributed by atoms with Crippen molar-refractivity contribution in [2.75, 3.05) is 0 Å². The first kappa shape index (κ1) is 33.3. The summed E-state index contributed by atoms with van der Waals surface area (Å²) in [6.45, 7) is 6.98. The molecule has 2 heterocycles. The molecule has 0 fully saturated rings. The van der Waals surface area contributed by atoms with Gasteiger partial charge >= 0.3 is 0 Å². The lowest BCUT2D eigenvalue weighted by Crippen LogP contribution is -1.95. The summed E-state index contributed by atoms with van der Waals surface area (Å²) in [4.78, 5) is 0. The Kier molecular flexibility index (Phi) is 7.80. The molecular weight excluding hydrogens is 707 g/mol. The minimum Gasteiger partial charge on any atom is -0.308 e. The van der Waals surface area contributed by atoms with Crippen molar-refractivity contribution in [3.8, 4) is 39.1 Å². The fourth-order valence-electron chi connectivity index (χ4n) is 8.89. The molecule has 0 spiro atoms. The van der Waals surface area contributed by atoms with E-state index in [0.29, 0.717) is 0 Å². The van der Waals surface area contributed by atoms with Crippen LogP contribution in [0.2, 0.25) is 0 Å². The summed E-state index contributed by atoms with van der Waals surface area (Å²) in [5.41, 5.74) is 15.3. The summed E-state index contributed by atoms with van der Waals surface area (Å²) < 4.78 is 5.12. The molecule has 0 amide bonds. The van der Waals surface area contributed by atoms with E-state index in [1.807, 2.05) is 11.3 Å². The minimum absolute atomic E-state index is 1.01. The lowest BCUT2D eigenvalue weighted by Gasteiger charge is -2.18. The van der Waals surface area contributed by atoms with Gasteiger partial charge in [0, 0.05) is 31.9 Å². The largest absolute Gasteiger partial charge is 0.308 e. The van der Waals surface area contributed by atoms with Crippen LogP contribution < -0.4 is 0 Å². The molecule has 1 nitrogen and oxygen atoms in total. The number of fused-ring (bicyclic) bond motifs is 8. The average molecular weight is 744 g/mol. The maximum atomic E-state index is 4.76. The number of rotatable bonds is 6. The van der Waals surface area contributed by atoms with Crippen LogP contribution in [0.5, 0.6) is 0 Å². The highest BCUT2D eigenvalue weighted by atomic mass is 32.1. The molecule has 0 radical (unpaired) electrons. The molecule has 2 aromatic heterocycles. The molecule has 11 aromatic rings. The number of aromatic nitrogens is 1. The van der Waals surface area contributed by atoms with Crippen molar-refractivity contribution in [2.45, 2.75) is 6.92 Å². The number of para-hydroxylation sites is 1. The van der Waals surface area contributed by atoms with Crippen LogP contribution in [-0.4, -0.2) is 4.57 Å². The zero-order valence-electron chi connectivity index (χ0n) is 31.5. The Morgan fingerprint density at radius 3 is 2.11 bits per heavy atom. The first-order chi connectivity index (χ1) is 28.1. The van der Waals surface area contributed by atoms with Crippen molar-refractivity contribution < 1.29 is 0 Å². The van der Waals surface area contributed by atoms with Gasteiger partial charge in [0.05, 0.1) is 15.7 Å². The van der Waals surface area contributed by atoms with Gasteiger partial charge in [-0.2, -0.15) is 0 Å². The minimum atomic E-state index is 1.01. The summed E-state index contributed by atoms with van der Waals surface area (Å²) in [5, 5.41) is 7.57. The summed E-state index contributed by atoms with van der Waals surface area (Å²) in [6, 6.07) is 71.0. The van der Waals surface area contributed by atoms with Gasteiger partial charge in [0.25, 0.3) is 0 Å². The van der Waals surface area contributed by atoms with Gasteiger partial charge in [0.1, 0.15) is 0 Å². The fourth-order valence-corrected chi connectivity index (χ4v) is 10.1. The third-order valence-corrected chi connectivity index (χ3v) is 12.9. The maximum absolute atomic E-state index is 4.76. The number of hydrogen-bond acceptors (Lipinski definition) is 1. The number of aryl methyl sites for hydroxylation is 1. The van der Waals surface area contributed by atoms with Crippen LogP contribution in [0.15, 0.2) is 201 Å². The smallest absolute Gasteiger partial charge is 0.0726 e. The van der Waals surface area contributed by atoms with Crippen molar-refractivity contribution in [1.29, 1.82) is 0 Å². The van der Waals surface area contributed by atoms with E-state index in [1.54, 1.807) is 0 Å². The number of hydrogen-bond donors (Lipinski definition) is 0. The molecule has 0 aliphatic rings. The molecule has 0 unspecified atom stereocenters. The standard InChI is InChI=1S/C55H37NS/c1-35-15-6-9-22-44(35)49-33-42(28-30-45(49)36(2)39-20-14-21-40(31-39)37-16-4-3-5-17-37)48-34-50-46-23-11-13-26-52(46)57-55(50)54-53(48)47-24-10-12-25-51(47)56(54)43-29-27-38-18-7-8-19-41(38)32-43/h3-34H,2H2,1H3. The molecule has 57 heavy (non-hydrogen) atoms. The molecule has 0 saturated carbocycles. The van der Waals surface area contributed by atoms with E-state index in [2.05, 4.69) is 206 Å². The first-order valence-electron chi connectivity index (χ1n) is 19.5. The normalized spacial score (nSPS) is 11.7. The fraction of sp³-hybridized carbons (Fsp3) is 0.0182. The predicted octanol–water partition coefficient (Wildman–Crippen LogP) is 15.7. The van der Waals surface area contributed by atoms with Gasteiger partial charge in [0.15, 0.2) is 0 Å². The Hall–Kier alpha value is -7.00. The van der Waals surface area contributed by atoms with Crippen molar-refractivity contribution >= 4 is 69.7 Å². The number of benzene rings is 9. The lowest BCUT2D eigenvalue weighted by molar-refractivity contribution is 1.19. The molecule has 0 bridgehead atoms. The molecule has 2 heteroatoms. The zero-order chi connectivity index (χ0) is 38.0. The number of thiophene rings is 1. The lowest BCUT2D eigenvalue weighted by atomic mass is 9.86. The Bertz CT molecular complexity index is 3380. The molecule has 9 aromatic carbocycles. The Morgan fingerprint density at radius 1 is 0.491 bits per heavy atom. The van der Waals surface area contributed by atoms with Crippen LogP contribution in [0, 0.1) is 6.92 Å². The zero-order valence-corrected chi connectivity index (χ0v) is 32.4. The second-order valence-electron chi connectivity index (χ2n) is 15.0. The van der Waals surface area contributed by atoms with Gasteiger partial charge in [-0.3, -0.25) is 0 Å². The van der Waals surface area contributed by atoms with Crippen LogP contribution in [0.25, 0.3) is 97.4 Å². The molecule has 11 rings (SSSR count). The van der Waals surface area contributed by atoms with E-state index in [9.17, 15) is 0 Å². The SMILES string of the molecule is C=C(c1cccc(-c2ccccc2)c1)c1ccc(-c2cc3c4ccccc4sc3c3c2c2ccccc2n3-c2ccc3ccccc3c2)cc1-c1ccccc1C. The van der Waals surface area contributed by atoms with Crippen molar-refractivity contribution in [3.63, 3.8) is 0 Å². The van der Waals surface area contributed by atoms with E-state index in [4.69, 9.17) is 6.58 Å². The maximum Gasteiger partial charge on any atom is 0.0726 e. The molecule has 0 saturated heterocycles. The van der Waals surface area contributed by atoms with E-state index in [1.165, 1.54) is 97.4 Å². The van der Waals surface area contributed by atoms with E-state index >= 15 is 0 Å². The van der Waals surface area contributed by atoms with Gasteiger partial charge < -0.3 is 4.57 Å². The molecule has 0 atom stereocenters. The van der Waals surface area contributed by atoms with E-state index in [0.717, 1.165) is 16.7 Å². The van der Waals surface area contributed by atoms with Gasteiger partial charge in [-0.15, -0.1) is 11.3 Å². The topological polar surface area (TPSA) is 4.93 Å². The second kappa shape index (κ2) is 13.3. The van der Waals surface area contributed by atoms with Crippen LogP contribution in [0.3, 0.4) is 0 Å². The first-order valence-corrected chi connectivity index (χ1v) is 20.3. The highest BCUT2D eigenvalue weighted by molar-refractivity contribution is 7.26. The van der Waals surface area contributed by atoms with Gasteiger partial charge in [-0.1, -0.05) is 158 Å². The van der Waals surface area contributed by atoms with Crippen LogP contribution in [-0.2, 0) is 0 Å². The highest BCUT2D eigenvalue weighted by Gasteiger charge is 2.23. The monoisotopic (exact) mass is 743 g/mol. The van der Waals surface area contributed by atoms with Gasteiger partial charge in [-0.25, -0.2) is 0 Å². The van der Waals surface area contributed by atoms with Crippen molar-refractivity contribution in [1.82, 2.24) is 4.57 Å². The third kappa shape index (κ3) is 5.44. The van der Waals surface area contributed by atoms with Gasteiger partial charge in [0.2, 0.25) is 0 Å². The summed E-state index contributed by atoms with van der Waals surface area (Å²) >= 11 is 1.90.